The van der Waals surface area contributed by atoms with Gasteiger partial charge in [0.25, 0.3) is 0 Å². The Balaban J connectivity index is 1.59. The van der Waals surface area contributed by atoms with Crippen molar-refractivity contribution in [3.05, 3.63) is 65.7 Å². The van der Waals surface area contributed by atoms with E-state index in [1.54, 1.807) is 6.07 Å². The van der Waals surface area contributed by atoms with Crippen LogP contribution in [0.4, 0.5) is 0 Å². The summed E-state index contributed by atoms with van der Waals surface area (Å²) in [5.74, 6) is -0.382. The van der Waals surface area contributed by atoms with Crippen molar-refractivity contribution in [1.29, 1.82) is 0 Å². The second kappa shape index (κ2) is 12.6. The van der Waals surface area contributed by atoms with E-state index in [9.17, 15) is 19.8 Å². The van der Waals surface area contributed by atoms with Crippen molar-refractivity contribution in [3.8, 4) is 5.75 Å². The summed E-state index contributed by atoms with van der Waals surface area (Å²) in [6.45, 7) is 5.92. The normalized spacial score (nSPS) is 24.8. The lowest BCUT2D eigenvalue weighted by Gasteiger charge is -2.45. The lowest BCUT2D eigenvalue weighted by Crippen LogP contribution is -2.52. The number of carboxylic acids is 1. The van der Waals surface area contributed by atoms with Gasteiger partial charge in [-0.2, -0.15) is 0 Å². The Morgan fingerprint density at radius 2 is 1.73 bits per heavy atom. The molecule has 2 aliphatic rings. The number of carboxylic acid groups (broad SMARTS) is 1. The largest absolute Gasteiger partial charge is 0.508 e. The molecule has 0 aromatic heterocycles. The van der Waals surface area contributed by atoms with Crippen molar-refractivity contribution in [1.82, 2.24) is 10.2 Å². The Morgan fingerprint density at radius 3 is 2.41 bits per heavy atom. The first-order chi connectivity index (χ1) is 17.8. The molecule has 0 spiro atoms. The minimum atomic E-state index is -0.934. The highest BCUT2D eigenvalue weighted by Gasteiger charge is 2.38. The Hall–Kier alpha value is -2.86. The number of rotatable bonds is 9. The van der Waals surface area contributed by atoms with E-state index in [4.69, 9.17) is 0 Å². The highest BCUT2D eigenvalue weighted by molar-refractivity contribution is 5.85. The van der Waals surface area contributed by atoms with E-state index in [-0.39, 0.29) is 29.5 Å². The van der Waals surface area contributed by atoms with E-state index in [0.717, 1.165) is 56.2 Å². The average Bonchev–Trinajstić information content (AvgIpc) is 2.90. The van der Waals surface area contributed by atoms with E-state index >= 15 is 0 Å². The fraction of sp³-hybridized carbons (Fsp3) is 0.548. The highest BCUT2D eigenvalue weighted by Crippen LogP contribution is 2.40. The summed E-state index contributed by atoms with van der Waals surface area (Å²) < 4.78 is 0. The maximum Gasteiger partial charge on any atom is 0.326 e. The number of piperidine rings is 1. The van der Waals surface area contributed by atoms with Gasteiger partial charge in [0, 0.05) is 12.6 Å². The number of likely N-dealkylation sites (tertiary alicyclic amines) is 1. The lowest BCUT2D eigenvalue weighted by molar-refractivity contribution is -0.144. The number of phenols is 1. The van der Waals surface area contributed by atoms with Gasteiger partial charge in [-0.1, -0.05) is 75.6 Å². The molecular formula is C31H42N2O4. The molecule has 0 bridgehead atoms. The van der Waals surface area contributed by atoms with E-state index in [1.807, 2.05) is 42.5 Å². The Labute approximate surface area is 221 Å². The first-order valence-electron chi connectivity index (χ1n) is 13.9. The second-order valence-electron chi connectivity index (χ2n) is 11.3. The summed E-state index contributed by atoms with van der Waals surface area (Å²) in [7, 11) is 0. The number of benzene rings is 2. The molecule has 2 aromatic rings. The number of amides is 1. The second-order valence-corrected chi connectivity index (χ2v) is 11.3. The molecule has 3 N–H and O–H groups in total. The van der Waals surface area contributed by atoms with Crippen molar-refractivity contribution < 1.29 is 19.8 Å². The monoisotopic (exact) mass is 506 g/mol. The molecule has 4 rings (SSSR count). The van der Waals surface area contributed by atoms with Crippen LogP contribution in [-0.4, -0.2) is 46.1 Å². The summed E-state index contributed by atoms with van der Waals surface area (Å²) in [6, 6.07) is 16.7. The molecule has 2 fully saturated rings. The van der Waals surface area contributed by atoms with Gasteiger partial charge in [0.2, 0.25) is 5.91 Å². The molecule has 5 atom stereocenters. The van der Waals surface area contributed by atoms with Gasteiger partial charge in [-0.15, -0.1) is 0 Å². The van der Waals surface area contributed by atoms with Crippen LogP contribution in [0.3, 0.4) is 0 Å². The number of aliphatic carboxylic acids is 1. The third kappa shape index (κ3) is 6.92. The number of carbonyl (C=O) groups excluding carboxylic acids is 1. The fourth-order valence-electron chi connectivity index (χ4n) is 6.38. The maximum absolute atomic E-state index is 13.8. The van der Waals surface area contributed by atoms with Crippen molar-refractivity contribution in [2.24, 2.45) is 23.7 Å². The quantitative estimate of drug-likeness (QED) is 0.423. The predicted octanol–water partition coefficient (Wildman–Crippen LogP) is 5.42. The first kappa shape index (κ1) is 27.2. The van der Waals surface area contributed by atoms with Gasteiger partial charge in [-0.3, -0.25) is 9.69 Å². The fourth-order valence-corrected chi connectivity index (χ4v) is 6.38. The van der Waals surface area contributed by atoms with Crippen LogP contribution in [-0.2, 0) is 16.0 Å². The molecule has 1 saturated heterocycles. The summed E-state index contributed by atoms with van der Waals surface area (Å²) >= 11 is 0. The zero-order chi connectivity index (χ0) is 26.4. The smallest absolute Gasteiger partial charge is 0.326 e. The van der Waals surface area contributed by atoms with Gasteiger partial charge >= 0.3 is 5.97 Å². The van der Waals surface area contributed by atoms with E-state index in [0.29, 0.717) is 24.8 Å². The number of carbonyl (C=O) groups is 2. The number of aromatic hydroxyl groups is 1. The van der Waals surface area contributed by atoms with E-state index in [1.165, 1.54) is 0 Å². The molecular weight excluding hydrogens is 464 g/mol. The summed E-state index contributed by atoms with van der Waals surface area (Å²) in [6.07, 6.45) is 6.46. The number of nitrogens with one attached hydrogen (secondary N) is 1. The van der Waals surface area contributed by atoms with E-state index < -0.39 is 12.0 Å². The molecule has 2 aromatic carbocycles. The highest BCUT2D eigenvalue weighted by atomic mass is 16.4. The molecule has 6 nitrogen and oxygen atoms in total. The summed E-state index contributed by atoms with van der Waals surface area (Å²) in [4.78, 5) is 28.4. The van der Waals surface area contributed by atoms with Gasteiger partial charge < -0.3 is 15.5 Å². The van der Waals surface area contributed by atoms with Crippen LogP contribution in [0.2, 0.25) is 0 Å². The van der Waals surface area contributed by atoms with E-state index in [2.05, 4.69) is 30.1 Å². The standard InChI is InChI=1S/C31H42N2O4/c1-21-16-17-33(29(22(21)2)25-14-9-15-27(34)19-25)20-26(18-23-10-5-3-6-11-23)30(35)32-28(31(36)37)24-12-7-4-8-13-24/h3,5-6,9-11,14-15,19,21-22,24,26,28-29,34H,4,7-8,12-13,16-18,20H2,1-2H3,(H,32,35)(H,36,37)/t21-,22-,26+,28?,29+/m1/s1. The zero-order valence-electron chi connectivity index (χ0n) is 22.2. The van der Waals surface area contributed by atoms with Crippen molar-refractivity contribution >= 4 is 11.9 Å². The van der Waals surface area contributed by atoms with Crippen LogP contribution < -0.4 is 5.32 Å². The minimum absolute atomic E-state index is 0.0107. The third-order valence-electron chi connectivity index (χ3n) is 8.71. The van der Waals surface area contributed by atoms with Gasteiger partial charge in [-0.25, -0.2) is 4.79 Å². The predicted molar refractivity (Wildman–Crippen MR) is 145 cm³/mol. The Bertz CT molecular complexity index is 1040. The maximum atomic E-state index is 13.8. The average molecular weight is 507 g/mol. The first-order valence-corrected chi connectivity index (χ1v) is 13.9. The summed E-state index contributed by atoms with van der Waals surface area (Å²) in [5, 5.41) is 23.2. The summed E-state index contributed by atoms with van der Waals surface area (Å²) in [5.41, 5.74) is 2.13. The van der Waals surface area contributed by atoms with Gasteiger partial charge in [0.05, 0.1) is 5.92 Å². The number of hydrogen-bond acceptors (Lipinski definition) is 4. The number of hydrogen-bond donors (Lipinski definition) is 3. The lowest BCUT2D eigenvalue weighted by atomic mass is 9.78. The van der Waals surface area contributed by atoms with Crippen molar-refractivity contribution in [2.45, 2.75) is 70.9 Å². The number of nitrogens with zero attached hydrogens (tertiary/aromatic N) is 1. The SMILES string of the molecule is C[C@@H]1[C@H](C)CCN(C[C@H](Cc2ccccc2)C(=O)NC(C(=O)O)C2CCCCC2)[C@@H]1c1cccc(O)c1. The molecule has 37 heavy (non-hydrogen) atoms. The van der Waals surface area contributed by atoms with Gasteiger partial charge in [0.1, 0.15) is 11.8 Å². The molecule has 1 heterocycles. The van der Waals surface area contributed by atoms with Crippen LogP contribution in [0.25, 0.3) is 0 Å². The Morgan fingerprint density at radius 1 is 1.00 bits per heavy atom. The molecule has 6 heteroatoms. The molecule has 1 aliphatic carbocycles. The van der Waals surface area contributed by atoms with Crippen molar-refractivity contribution in [2.75, 3.05) is 13.1 Å². The van der Waals surface area contributed by atoms with Crippen LogP contribution in [0.1, 0.15) is 69.5 Å². The molecule has 1 saturated carbocycles. The third-order valence-corrected chi connectivity index (χ3v) is 8.71. The number of phenolic OH excluding ortho intramolecular Hbond substituents is 1. The van der Waals surface area contributed by atoms with Crippen LogP contribution in [0.15, 0.2) is 54.6 Å². The molecule has 1 aliphatic heterocycles. The molecule has 1 amide bonds. The minimum Gasteiger partial charge on any atom is -0.508 e. The van der Waals surface area contributed by atoms with Gasteiger partial charge in [0.15, 0.2) is 0 Å². The molecule has 0 radical (unpaired) electrons. The van der Waals surface area contributed by atoms with Crippen LogP contribution in [0.5, 0.6) is 5.75 Å². The topological polar surface area (TPSA) is 89.9 Å². The zero-order valence-corrected chi connectivity index (χ0v) is 22.2. The Kier molecular flexibility index (Phi) is 9.25. The van der Waals surface area contributed by atoms with Crippen LogP contribution >= 0.6 is 0 Å². The van der Waals surface area contributed by atoms with Crippen molar-refractivity contribution in [3.63, 3.8) is 0 Å². The molecule has 1 unspecified atom stereocenters. The molecule has 200 valence electrons. The van der Waals surface area contributed by atoms with Crippen LogP contribution in [0, 0.1) is 23.7 Å². The van der Waals surface area contributed by atoms with Gasteiger partial charge in [-0.05, 0) is 73.2 Å².